The van der Waals surface area contributed by atoms with Crippen LogP contribution < -0.4 is 5.32 Å². The maximum Gasteiger partial charge on any atom is 0.222 e. The number of hydrogen-bond donors (Lipinski definition) is 1. The van der Waals surface area contributed by atoms with E-state index in [-0.39, 0.29) is 17.9 Å². The molecule has 1 atom stereocenters. The first-order valence-electron chi connectivity index (χ1n) is 11.3. The third-order valence-corrected chi connectivity index (χ3v) is 6.10. The molecule has 2 aromatic carbocycles. The lowest BCUT2D eigenvalue weighted by atomic mass is 10.0. The molecule has 2 amide bonds. The Morgan fingerprint density at radius 1 is 0.967 bits per heavy atom. The Kier molecular flexibility index (Phi) is 8.49. The second-order valence-electron chi connectivity index (χ2n) is 8.44. The summed E-state index contributed by atoms with van der Waals surface area (Å²) in [5.74, 6) is 0.838. The molecule has 0 heterocycles. The van der Waals surface area contributed by atoms with E-state index in [4.69, 9.17) is 0 Å². The number of rotatable bonds is 10. The fraction of sp³-hybridized carbons (Fsp3) is 0.462. The van der Waals surface area contributed by atoms with Gasteiger partial charge in [-0.2, -0.15) is 0 Å². The van der Waals surface area contributed by atoms with Gasteiger partial charge in [-0.15, -0.1) is 0 Å². The van der Waals surface area contributed by atoms with Crippen molar-refractivity contribution in [1.82, 2.24) is 10.2 Å². The summed E-state index contributed by atoms with van der Waals surface area (Å²) in [6, 6.07) is 19.9. The highest BCUT2D eigenvalue weighted by atomic mass is 16.2. The van der Waals surface area contributed by atoms with E-state index in [1.165, 1.54) is 25.7 Å². The van der Waals surface area contributed by atoms with Gasteiger partial charge >= 0.3 is 0 Å². The van der Waals surface area contributed by atoms with Gasteiger partial charge in [-0.25, -0.2) is 0 Å². The average molecular weight is 407 g/mol. The van der Waals surface area contributed by atoms with E-state index in [9.17, 15) is 9.59 Å². The van der Waals surface area contributed by atoms with Crippen LogP contribution in [0, 0.1) is 5.92 Å². The number of amides is 2. The van der Waals surface area contributed by atoms with Crippen molar-refractivity contribution in [2.24, 2.45) is 5.92 Å². The van der Waals surface area contributed by atoms with Crippen LogP contribution >= 0.6 is 0 Å². The third-order valence-electron chi connectivity index (χ3n) is 6.10. The first-order valence-corrected chi connectivity index (χ1v) is 11.3. The molecule has 4 heteroatoms. The Morgan fingerprint density at radius 3 is 2.27 bits per heavy atom. The van der Waals surface area contributed by atoms with Crippen LogP contribution in [0.1, 0.15) is 69.0 Å². The van der Waals surface area contributed by atoms with Gasteiger partial charge in [0.1, 0.15) is 0 Å². The predicted octanol–water partition coefficient (Wildman–Crippen LogP) is 5.25. The van der Waals surface area contributed by atoms with Gasteiger partial charge in [0.05, 0.1) is 6.04 Å². The zero-order valence-electron chi connectivity index (χ0n) is 18.1. The monoisotopic (exact) mass is 406 g/mol. The third kappa shape index (κ3) is 7.01. The van der Waals surface area contributed by atoms with Crippen LogP contribution in [0.15, 0.2) is 60.7 Å². The lowest BCUT2D eigenvalue weighted by Gasteiger charge is -2.24. The number of nitrogens with one attached hydrogen (secondary N) is 1. The van der Waals surface area contributed by atoms with Crippen LogP contribution in [0.3, 0.4) is 0 Å². The topological polar surface area (TPSA) is 49.4 Å². The Bertz CT molecular complexity index is 785. The normalized spacial score (nSPS) is 15.0. The van der Waals surface area contributed by atoms with Crippen LogP contribution in [0.5, 0.6) is 0 Å². The van der Waals surface area contributed by atoms with Crippen LogP contribution in [-0.2, 0) is 16.1 Å². The maximum absolute atomic E-state index is 13.0. The molecule has 0 spiro atoms. The van der Waals surface area contributed by atoms with Crippen LogP contribution in [-0.4, -0.2) is 23.3 Å². The minimum atomic E-state index is -0.0423. The highest BCUT2D eigenvalue weighted by Crippen LogP contribution is 2.28. The van der Waals surface area contributed by atoms with E-state index < -0.39 is 0 Å². The zero-order valence-corrected chi connectivity index (χ0v) is 18.1. The molecule has 1 N–H and O–H groups in total. The van der Waals surface area contributed by atoms with Gasteiger partial charge < -0.3 is 10.2 Å². The summed E-state index contributed by atoms with van der Waals surface area (Å²) in [7, 11) is 0. The Hall–Kier alpha value is -2.62. The SMILES string of the molecule is CC(NC(=O)CCN(Cc1ccccc1)C(=O)CCC1CCCC1)c1ccccc1. The van der Waals surface area contributed by atoms with Crippen molar-refractivity contribution in [2.45, 2.75) is 64.5 Å². The molecule has 1 unspecified atom stereocenters. The number of nitrogens with zero attached hydrogens (tertiary/aromatic N) is 1. The highest BCUT2D eigenvalue weighted by molar-refractivity contribution is 5.79. The van der Waals surface area contributed by atoms with Crippen molar-refractivity contribution in [3.05, 3.63) is 71.8 Å². The molecule has 30 heavy (non-hydrogen) atoms. The Balaban J connectivity index is 1.54. The molecule has 1 saturated carbocycles. The van der Waals surface area contributed by atoms with Crippen LogP contribution in [0.2, 0.25) is 0 Å². The molecule has 1 aliphatic carbocycles. The lowest BCUT2D eigenvalue weighted by Crippen LogP contribution is -2.35. The summed E-state index contributed by atoms with van der Waals surface area (Å²) in [6.45, 7) is 3.00. The van der Waals surface area contributed by atoms with E-state index >= 15 is 0 Å². The van der Waals surface area contributed by atoms with E-state index in [1.807, 2.05) is 72.5 Å². The Labute approximate surface area is 180 Å². The van der Waals surface area contributed by atoms with Gasteiger partial charge in [0.25, 0.3) is 0 Å². The average Bonchev–Trinajstić information content (AvgIpc) is 3.30. The summed E-state index contributed by atoms with van der Waals surface area (Å²) >= 11 is 0. The quantitative estimate of drug-likeness (QED) is 0.586. The van der Waals surface area contributed by atoms with Gasteiger partial charge in [-0.05, 0) is 30.4 Å². The summed E-state index contributed by atoms with van der Waals surface area (Å²) in [6.07, 6.45) is 6.98. The first kappa shape index (κ1) is 22.1. The van der Waals surface area contributed by atoms with Crippen molar-refractivity contribution in [3.8, 4) is 0 Å². The van der Waals surface area contributed by atoms with Crippen molar-refractivity contribution in [3.63, 3.8) is 0 Å². The molecule has 4 nitrogen and oxygen atoms in total. The molecule has 2 aromatic rings. The number of carbonyl (C=O) groups excluding carboxylic acids is 2. The number of hydrogen-bond acceptors (Lipinski definition) is 2. The zero-order chi connectivity index (χ0) is 21.2. The molecule has 0 saturated heterocycles. The first-order chi connectivity index (χ1) is 14.6. The molecule has 0 bridgehead atoms. The van der Waals surface area contributed by atoms with Gasteiger partial charge in [0.15, 0.2) is 0 Å². The van der Waals surface area contributed by atoms with Gasteiger partial charge in [0, 0.05) is 25.9 Å². The summed E-state index contributed by atoms with van der Waals surface area (Å²) < 4.78 is 0. The second-order valence-corrected chi connectivity index (χ2v) is 8.44. The summed E-state index contributed by atoms with van der Waals surface area (Å²) in [5, 5.41) is 3.05. The van der Waals surface area contributed by atoms with Gasteiger partial charge in [-0.3, -0.25) is 9.59 Å². The van der Waals surface area contributed by atoms with Crippen molar-refractivity contribution in [1.29, 1.82) is 0 Å². The van der Waals surface area contributed by atoms with Crippen LogP contribution in [0.25, 0.3) is 0 Å². The highest BCUT2D eigenvalue weighted by Gasteiger charge is 2.20. The van der Waals surface area contributed by atoms with Crippen molar-refractivity contribution >= 4 is 11.8 Å². The van der Waals surface area contributed by atoms with E-state index in [2.05, 4.69) is 5.32 Å². The molecule has 0 aliphatic heterocycles. The Morgan fingerprint density at radius 2 is 1.60 bits per heavy atom. The fourth-order valence-corrected chi connectivity index (χ4v) is 4.26. The minimum Gasteiger partial charge on any atom is -0.350 e. The standard InChI is InChI=1S/C26H34N2O2/c1-21(24-14-6-3-7-15-24)27-25(29)18-19-28(20-23-12-4-2-5-13-23)26(30)17-16-22-10-8-9-11-22/h2-7,12-15,21-22H,8-11,16-20H2,1H3,(H,27,29). The smallest absolute Gasteiger partial charge is 0.222 e. The molecule has 160 valence electrons. The van der Waals surface area contributed by atoms with Gasteiger partial charge in [0.2, 0.25) is 11.8 Å². The number of carbonyl (C=O) groups is 2. The molecule has 1 aliphatic rings. The predicted molar refractivity (Wildman–Crippen MR) is 121 cm³/mol. The fourth-order valence-electron chi connectivity index (χ4n) is 4.26. The van der Waals surface area contributed by atoms with Crippen LogP contribution in [0.4, 0.5) is 0 Å². The van der Waals surface area contributed by atoms with E-state index in [0.717, 1.165) is 17.5 Å². The molecular weight excluding hydrogens is 372 g/mol. The molecule has 1 fully saturated rings. The van der Waals surface area contributed by atoms with Crippen molar-refractivity contribution in [2.75, 3.05) is 6.54 Å². The molecule has 0 radical (unpaired) electrons. The second kappa shape index (κ2) is 11.5. The molecular formula is C26H34N2O2. The lowest BCUT2D eigenvalue weighted by molar-refractivity contribution is -0.132. The summed E-state index contributed by atoms with van der Waals surface area (Å²) in [4.78, 5) is 27.3. The molecule has 3 rings (SSSR count). The number of benzene rings is 2. The van der Waals surface area contributed by atoms with E-state index in [1.54, 1.807) is 0 Å². The molecule has 0 aromatic heterocycles. The van der Waals surface area contributed by atoms with E-state index in [0.29, 0.717) is 31.8 Å². The maximum atomic E-state index is 13.0. The van der Waals surface area contributed by atoms with Gasteiger partial charge in [-0.1, -0.05) is 86.3 Å². The largest absolute Gasteiger partial charge is 0.350 e. The minimum absolute atomic E-state index is 0.0204. The summed E-state index contributed by atoms with van der Waals surface area (Å²) in [5.41, 5.74) is 2.18. The van der Waals surface area contributed by atoms with Crippen molar-refractivity contribution < 1.29 is 9.59 Å².